The lowest BCUT2D eigenvalue weighted by molar-refractivity contribution is -0.384. The Morgan fingerprint density at radius 3 is 2.24 bits per heavy atom. The van der Waals surface area contributed by atoms with Crippen molar-refractivity contribution in [3.8, 4) is 0 Å². The van der Waals surface area contributed by atoms with Crippen LogP contribution in [0, 0.1) is 10.1 Å². The lowest BCUT2D eigenvalue weighted by Crippen LogP contribution is -2.22. The average molecular weight is 246 g/mol. The molecular weight excluding hydrogens is 237 g/mol. The van der Waals surface area contributed by atoms with E-state index in [2.05, 4.69) is 0 Å². The van der Waals surface area contributed by atoms with Gasteiger partial charge in [0.25, 0.3) is 5.69 Å². The van der Waals surface area contributed by atoms with Gasteiger partial charge in [-0.1, -0.05) is 0 Å². The molecule has 0 saturated carbocycles. The zero-order valence-corrected chi connectivity index (χ0v) is 8.78. The molecule has 0 amide bonds. The Balaban J connectivity index is 3.01. The Hall–Kier alpha value is -2.05. The van der Waals surface area contributed by atoms with Crippen molar-refractivity contribution in [3.05, 3.63) is 45.6 Å². The summed E-state index contributed by atoms with van der Waals surface area (Å²) < 4.78 is 37.1. The normalized spacial score (nSPS) is 12.4. The molecule has 0 aliphatic carbocycles. The van der Waals surface area contributed by atoms with E-state index in [1.807, 2.05) is 5.32 Å². The van der Waals surface area contributed by atoms with Gasteiger partial charge in [0.15, 0.2) is 0 Å². The SMILES string of the molecule is CN/C(=C\c1ccc([N+](=O)[O-])cc1)C(F)(F)F. The van der Waals surface area contributed by atoms with Crippen molar-refractivity contribution in [1.29, 1.82) is 0 Å². The molecule has 0 aliphatic heterocycles. The fraction of sp³-hybridized carbons (Fsp3) is 0.200. The van der Waals surface area contributed by atoms with Gasteiger partial charge in [-0.2, -0.15) is 13.2 Å². The number of hydrogen-bond acceptors (Lipinski definition) is 3. The number of hydrogen-bond donors (Lipinski definition) is 1. The molecule has 0 atom stereocenters. The smallest absolute Gasteiger partial charge is 0.384 e. The van der Waals surface area contributed by atoms with E-state index in [-0.39, 0.29) is 11.3 Å². The summed E-state index contributed by atoms with van der Waals surface area (Å²) >= 11 is 0. The number of nitrogens with zero attached hydrogens (tertiary/aromatic N) is 1. The van der Waals surface area contributed by atoms with Gasteiger partial charge in [-0.05, 0) is 23.8 Å². The molecule has 4 nitrogen and oxygen atoms in total. The molecule has 0 aliphatic rings. The number of nitrogens with one attached hydrogen (secondary N) is 1. The third kappa shape index (κ3) is 3.47. The maximum Gasteiger partial charge on any atom is 0.430 e. The topological polar surface area (TPSA) is 55.2 Å². The molecule has 0 radical (unpaired) electrons. The van der Waals surface area contributed by atoms with Crippen LogP contribution in [0.3, 0.4) is 0 Å². The third-order valence-corrected chi connectivity index (χ3v) is 1.99. The minimum absolute atomic E-state index is 0.167. The molecule has 92 valence electrons. The van der Waals surface area contributed by atoms with Crippen LogP contribution in [0.2, 0.25) is 0 Å². The quantitative estimate of drug-likeness (QED) is 0.659. The van der Waals surface area contributed by atoms with Crippen molar-refractivity contribution in [3.63, 3.8) is 0 Å². The highest BCUT2D eigenvalue weighted by Crippen LogP contribution is 2.25. The average Bonchev–Trinajstić information content (AvgIpc) is 2.24. The van der Waals surface area contributed by atoms with Gasteiger partial charge >= 0.3 is 6.18 Å². The lowest BCUT2D eigenvalue weighted by Gasteiger charge is -2.10. The van der Waals surface area contributed by atoms with Crippen LogP contribution in [0.15, 0.2) is 30.0 Å². The number of halogens is 3. The molecule has 0 unspecified atom stereocenters. The molecule has 1 aromatic rings. The first-order chi connectivity index (χ1) is 7.84. The Bertz CT molecular complexity index is 438. The number of nitro benzene ring substituents is 1. The van der Waals surface area contributed by atoms with E-state index < -0.39 is 16.8 Å². The summed E-state index contributed by atoms with van der Waals surface area (Å²) in [5, 5.41) is 12.4. The zero-order chi connectivity index (χ0) is 13.1. The molecule has 17 heavy (non-hydrogen) atoms. The van der Waals surface area contributed by atoms with Crippen molar-refractivity contribution in [1.82, 2.24) is 5.32 Å². The van der Waals surface area contributed by atoms with Crippen LogP contribution in [0.1, 0.15) is 5.56 Å². The molecule has 0 heterocycles. The lowest BCUT2D eigenvalue weighted by atomic mass is 10.1. The monoisotopic (exact) mass is 246 g/mol. The van der Waals surface area contributed by atoms with Gasteiger partial charge in [0.05, 0.1) is 4.92 Å². The first-order valence-electron chi connectivity index (χ1n) is 4.55. The van der Waals surface area contributed by atoms with Crippen LogP contribution in [-0.2, 0) is 0 Å². The van der Waals surface area contributed by atoms with Gasteiger partial charge in [-0.25, -0.2) is 0 Å². The van der Waals surface area contributed by atoms with Gasteiger partial charge < -0.3 is 5.32 Å². The Kier molecular flexibility index (Phi) is 3.72. The first-order valence-corrected chi connectivity index (χ1v) is 4.55. The zero-order valence-electron chi connectivity index (χ0n) is 8.78. The molecule has 1 aromatic carbocycles. The molecule has 0 spiro atoms. The van der Waals surface area contributed by atoms with Gasteiger partial charge in [-0.15, -0.1) is 0 Å². The Morgan fingerprint density at radius 2 is 1.88 bits per heavy atom. The standard InChI is InChI=1S/C10H9F3N2O2/c1-14-9(10(11,12)13)6-7-2-4-8(5-3-7)15(16)17/h2-6,14H,1H3/b9-6-. The van der Waals surface area contributed by atoms with Crippen LogP contribution >= 0.6 is 0 Å². The van der Waals surface area contributed by atoms with E-state index in [9.17, 15) is 23.3 Å². The predicted octanol–water partition coefficient (Wildman–Crippen LogP) is 2.72. The van der Waals surface area contributed by atoms with Crippen molar-refractivity contribution in [2.75, 3.05) is 7.05 Å². The third-order valence-electron chi connectivity index (χ3n) is 1.99. The van der Waals surface area contributed by atoms with E-state index in [1.54, 1.807) is 0 Å². The number of nitro groups is 1. The summed E-state index contributed by atoms with van der Waals surface area (Å²) in [5.41, 5.74) is -0.844. The minimum Gasteiger partial charge on any atom is -0.384 e. The van der Waals surface area contributed by atoms with Crippen molar-refractivity contribution < 1.29 is 18.1 Å². The summed E-state index contributed by atoms with van der Waals surface area (Å²) in [5.74, 6) is 0. The van der Waals surface area contributed by atoms with E-state index in [4.69, 9.17) is 0 Å². The van der Waals surface area contributed by atoms with Crippen molar-refractivity contribution in [2.24, 2.45) is 0 Å². The highest BCUT2D eigenvalue weighted by atomic mass is 19.4. The van der Waals surface area contributed by atoms with Crippen molar-refractivity contribution >= 4 is 11.8 Å². The predicted molar refractivity (Wildman–Crippen MR) is 56.2 cm³/mol. The van der Waals surface area contributed by atoms with Gasteiger partial charge in [0.1, 0.15) is 5.70 Å². The number of benzene rings is 1. The fourth-order valence-corrected chi connectivity index (χ4v) is 1.15. The summed E-state index contributed by atoms with van der Waals surface area (Å²) in [6, 6.07) is 4.80. The number of alkyl halides is 3. The van der Waals surface area contributed by atoms with Crippen LogP contribution in [0.25, 0.3) is 6.08 Å². The van der Waals surface area contributed by atoms with Gasteiger partial charge in [0, 0.05) is 19.2 Å². The molecule has 0 fully saturated rings. The minimum atomic E-state index is -4.48. The van der Waals surface area contributed by atoms with Crippen molar-refractivity contribution in [2.45, 2.75) is 6.18 Å². The summed E-state index contributed by atoms with van der Waals surface area (Å²) in [4.78, 5) is 9.73. The second kappa shape index (κ2) is 4.86. The van der Waals surface area contributed by atoms with Crippen LogP contribution in [0.4, 0.5) is 18.9 Å². The second-order valence-corrected chi connectivity index (χ2v) is 3.15. The molecule has 1 N–H and O–H groups in total. The summed E-state index contributed by atoms with van der Waals surface area (Å²) in [6.45, 7) is 0. The Labute approximate surface area is 94.9 Å². The fourth-order valence-electron chi connectivity index (χ4n) is 1.15. The largest absolute Gasteiger partial charge is 0.430 e. The highest BCUT2D eigenvalue weighted by molar-refractivity contribution is 5.55. The molecule has 0 aromatic heterocycles. The van der Waals surface area contributed by atoms with Crippen LogP contribution in [-0.4, -0.2) is 18.1 Å². The summed E-state index contributed by atoms with van der Waals surface area (Å²) in [6.07, 6.45) is -3.60. The van der Waals surface area contributed by atoms with E-state index in [1.165, 1.54) is 12.1 Å². The van der Waals surface area contributed by atoms with E-state index >= 15 is 0 Å². The highest BCUT2D eigenvalue weighted by Gasteiger charge is 2.32. The maximum absolute atomic E-state index is 12.4. The van der Waals surface area contributed by atoms with Gasteiger partial charge in [-0.3, -0.25) is 10.1 Å². The number of allylic oxidation sites excluding steroid dienone is 1. The van der Waals surface area contributed by atoms with Gasteiger partial charge in [0.2, 0.25) is 0 Å². The second-order valence-electron chi connectivity index (χ2n) is 3.15. The van der Waals surface area contributed by atoms with E-state index in [0.29, 0.717) is 0 Å². The summed E-state index contributed by atoms with van der Waals surface area (Å²) in [7, 11) is 1.16. The Morgan fingerprint density at radius 1 is 1.35 bits per heavy atom. The first kappa shape index (κ1) is 13.0. The van der Waals surface area contributed by atoms with Crippen LogP contribution in [0.5, 0.6) is 0 Å². The molecule has 1 rings (SSSR count). The maximum atomic E-state index is 12.4. The number of rotatable bonds is 3. The molecule has 0 saturated heterocycles. The molecular formula is C10H9F3N2O2. The van der Waals surface area contributed by atoms with E-state index in [0.717, 1.165) is 25.3 Å². The van der Waals surface area contributed by atoms with Crippen LogP contribution < -0.4 is 5.32 Å². The molecule has 7 heteroatoms. The number of non-ortho nitro benzene ring substituents is 1. The molecule has 0 bridgehead atoms.